The standard InChI is InChI=1S/C10H22ClNO/c1-3-13-8-7-12-6-4-5-10(2)9-11/h10,12H,3-9H2,1-2H3. The Hall–Kier alpha value is 0.210. The number of hydrogen-bond donors (Lipinski definition) is 1. The Labute approximate surface area is 87.0 Å². The third kappa shape index (κ3) is 10.1. The van der Waals surface area contributed by atoms with Crippen LogP contribution >= 0.6 is 11.6 Å². The molecule has 0 amide bonds. The van der Waals surface area contributed by atoms with Gasteiger partial charge in [-0.25, -0.2) is 0 Å². The molecule has 0 aromatic carbocycles. The van der Waals surface area contributed by atoms with Gasteiger partial charge in [-0.2, -0.15) is 0 Å². The van der Waals surface area contributed by atoms with Crippen LogP contribution in [0.1, 0.15) is 26.7 Å². The first-order valence-corrected chi connectivity index (χ1v) is 5.69. The molecule has 13 heavy (non-hydrogen) atoms. The minimum atomic E-state index is 0.648. The van der Waals surface area contributed by atoms with Crippen molar-refractivity contribution < 1.29 is 4.74 Å². The highest BCUT2D eigenvalue weighted by atomic mass is 35.5. The van der Waals surface area contributed by atoms with Gasteiger partial charge in [0, 0.05) is 19.0 Å². The second-order valence-electron chi connectivity index (χ2n) is 3.35. The molecule has 0 aliphatic rings. The summed E-state index contributed by atoms with van der Waals surface area (Å²) < 4.78 is 5.20. The number of alkyl halides is 1. The zero-order chi connectivity index (χ0) is 9.94. The van der Waals surface area contributed by atoms with Crippen molar-refractivity contribution in [1.82, 2.24) is 5.32 Å². The lowest BCUT2D eigenvalue weighted by Gasteiger charge is -2.07. The maximum Gasteiger partial charge on any atom is 0.0590 e. The van der Waals surface area contributed by atoms with Crippen LogP contribution in [0.15, 0.2) is 0 Å². The van der Waals surface area contributed by atoms with E-state index in [0.29, 0.717) is 5.92 Å². The van der Waals surface area contributed by atoms with Crippen LogP contribution in [0.2, 0.25) is 0 Å². The molecule has 0 fully saturated rings. The Balaban J connectivity index is 2.91. The summed E-state index contributed by atoms with van der Waals surface area (Å²) in [7, 11) is 0. The monoisotopic (exact) mass is 207 g/mol. The highest BCUT2D eigenvalue weighted by Gasteiger charge is 1.98. The van der Waals surface area contributed by atoms with Crippen LogP contribution < -0.4 is 5.32 Å². The van der Waals surface area contributed by atoms with Crippen molar-refractivity contribution >= 4 is 11.6 Å². The summed E-state index contributed by atoms with van der Waals surface area (Å²) in [5.41, 5.74) is 0. The Morgan fingerprint density at radius 1 is 1.38 bits per heavy atom. The minimum Gasteiger partial charge on any atom is -0.380 e. The molecule has 1 atom stereocenters. The molecule has 2 nitrogen and oxygen atoms in total. The molecule has 0 heterocycles. The summed E-state index contributed by atoms with van der Waals surface area (Å²) in [6.45, 7) is 7.87. The van der Waals surface area contributed by atoms with E-state index >= 15 is 0 Å². The summed E-state index contributed by atoms with van der Waals surface area (Å²) in [6.07, 6.45) is 2.42. The molecule has 0 saturated heterocycles. The van der Waals surface area contributed by atoms with Crippen LogP contribution in [0.3, 0.4) is 0 Å². The van der Waals surface area contributed by atoms with E-state index in [4.69, 9.17) is 16.3 Å². The average Bonchev–Trinajstić information content (AvgIpc) is 2.16. The molecule has 0 aliphatic carbocycles. The van der Waals surface area contributed by atoms with E-state index in [1.807, 2.05) is 6.92 Å². The van der Waals surface area contributed by atoms with Crippen LogP contribution in [0, 0.1) is 5.92 Å². The topological polar surface area (TPSA) is 21.3 Å². The zero-order valence-electron chi connectivity index (χ0n) is 8.81. The maximum atomic E-state index is 5.69. The lowest BCUT2D eigenvalue weighted by molar-refractivity contribution is 0.149. The molecule has 0 rings (SSSR count). The van der Waals surface area contributed by atoms with E-state index in [1.165, 1.54) is 12.8 Å². The van der Waals surface area contributed by atoms with E-state index in [9.17, 15) is 0 Å². The van der Waals surface area contributed by atoms with E-state index in [-0.39, 0.29) is 0 Å². The molecule has 0 saturated carbocycles. The van der Waals surface area contributed by atoms with Crippen molar-refractivity contribution in [3.63, 3.8) is 0 Å². The normalized spacial score (nSPS) is 13.2. The summed E-state index contributed by atoms with van der Waals surface area (Å²) in [6, 6.07) is 0. The summed E-state index contributed by atoms with van der Waals surface area (Å²) >= 11 is 5.69. The van der Waals surface area contributed by atoms with Crippen molar-refractivity contribution in [2.45, 2.75) is 26.7 Å². The lowest BCUT2D eigenvalue weighted by Crippen LogP contribution is -2.21. The lowest BCUT2D eigenvalue weighted by atomic mass is 10.1. The van der Waals surface area contributed by atoms with E-state index < -0.39 is 0 Å². The fourth-order valence-electron chi connectivity index (χ4n) is 1.07. The largest absolute Gasteiger partial charge is 0.380 e. The van der Waals surface area contributed by atoms with Crippen LogP contribution in [-0.4, -0.2) is 32.2 Å². The third-order valence-electron chi connectivity index (χ3n) is 1.94. The Morgan fingerprint density at radius 3 is 2.77 bits per heavy atom. The summed E-state index contributed by atoms with van der Waals surface area (Å²) in [5.74, 6) is 1.43. The Morgan fingerprint density at radius 2 is 2.15 bits per heavy atom. The fourth-order valence-corrected chi connectivity index (χ4v) is 1.22. The Kier molecular flexibility index (Phi) is 10.5. The second kappa shape index (κ2) is 10.3. The molecule has 80 valence electrons. The van der Waals surface area contributed by atoms with Crippen LogP contribution in [0.4, 0.5) is 0 Å². The van der Waals surface area contributed by atoms with E-state index in [0.717, 1.165) is 32.2 Å². The van der Waals surface area contributed by atoms with Crippen molar-refractivity contribution in [2.24, 2.45) is 5.92 Å². The highest BCUT2D eigenvalue weighted by molar-refractivity contribution is 6.18. The fraction of sp³-hybridized carbons (Fsp3) is 1.00. The van der Waals surface area contributed by atoms with Gasteiger partial charge in [-0.05, 0) is 32.2 Å². The van der Waals surface area contributed by atoms with Crippen molar-refractivity contribution in [2.75, 3.05) is 32.2 Å². The van der Waals surface area contributed by atoms with Crippen LogP contribution in [0.25, 0.3) is 0 Å². The molecule has 0 bridgehead atoms. The first-order chi connectivity index (χ1) is 6.31. The van der Waals surface area contributed by atoms with Gasteiger partial charge in [-0.15, -0.1) is 11.6 Å². The number of rotatable bonds is 9. The van der Waals surface area contributed by atoms with Gasteiger partial charge in [-0.3, -0.25) is 0 Å². The van der Waals surface area contributed by atoms with Crippen molar-refractivity contribution in [3.8, 4) is 0 Å². The van der Waals surface area contributed by atoms with E-state index in [2.05, 4.69) is 12.2 Å². The molecule has 1 unspecified atom stereocenters. The quantitative estimate of drug-likeness (QED) is 0.463. The van der Waals surface area contributed by atoms with E-state index in [1.54, 1.807) is 0 Å². The average molecular weight is 208 g/mol. The molecule has 0 spiro atoms. The van der Waals surface area contributed by atoms with Gasteiger partial charge >= 0.3 is 0 Å². The van der Waals surface area contributed by atoms with Crippen molar-refractivity contribution in [1.29, 1.82) is 0 Å². The molecule has 0 aromatic heterocycles. The third-order valence-corrected chi connectivity index (χ3v) is 2.47. The predicted molar refractivity (Wildman–Crippen MR) is 58.5 cm³/mol. The van der Waals surface area contributed by atoms with Crippen LogP contribution in [0.5, 0.6) is 0 Å². The molecule has 0 aliphatic heterocycles. The molecule has 3 heteroatoms. The van der Waals surface area contributed by atoms with Crippen LogP contribution in [-0.2, 0) is 4.74 Å². The molecule has 0 aromatic rings. The maximum absolute atomic E-state index is 5.69. The molecular weight excluding hydrogens is 186 g/mol. The molecule has 1 N–H and O–H groups in total. The Bertz CT molecular complexity index is 101. The van der Waals surface area contributed by atoms with Gasteiger partial charge in [0.1, 0.15) is 0 Å². The van der Waals surface area contributed by atoms with Gasteiger partial charge in [0.15, 0.2) is 0 Å². The SMILES string of the molecule is CCOCCNCCCC(C)CCl. The first-order valence-electron chi connectivity index (χ1n) is 5.15. The number of hydrogen-bond acceptors (Lipinski definition) is 2. The van der Waals surface area contributed by atoms with Gasteiger partial charge in [0.05, 0.1) is 6.61 Å². The number of ether oxygens (including phenoxy) is 1. The van der Waals surface area contributed by atoms with Gasteiger partial charge < -0.3 is 10.1 Å². The second-order valence-corrected chi connectivity index (χ2v) is 3.66. The predicted octanol–water partition coefficient (Wildman–Crippen LogP) is 2.27. The number of nitrogens with one attached hydrogen (secondary N) is 1. The summed E-state index contributed by atoms with van der Waals surface area (Å²) in [4.78, 5) is 0. The number of halogens is 1. The highest BCUT2D eigenvalue weighted by Crippen LogP contribution is 2.05. The summed E-state index contributed by atoms with van der Waals surface area (Å²) in [5, 5.41) is 3.33. The zero-order valence-corrected chi connectivity index (χ0v) is 9.57. The molecular formula is C10H22ClNO. The molecule has 0 radical (unpaired) electrons. The van der Waals surface area contributed by atoms with Gasteiger partial charge in [0.2, 0.25) is 0 Å². The van der Waals surface area contributed by atoms with Crippen molar-refractivity contribution in [3.05, 3.63) is 0 Å². The van der Waals surface area contributed by atoms with Gasteiger partial charge in [-0.1, -0.05) is 6.92 Å². The smallest absolute Gasteiger partial charge is 0.0590 e. The minimum absolute atomic E-state index is 0.648. The first kappa shape index (κ1) is 13.2. The van der Waals surface area contributed by atoms with Gasteiger partial charge in [0.25, 0.3) is 0 Å².